The molecule has 0 spiro atoms. The van der Waals surface area contributed by atoms with E-state index in [0.29, 0.717) is 0 Å². The lowest BCUT2D eigenvalue weighted by atomic mass is 10.1. The van der Waals surface area contributed by atoms with Crippen LogP contribution in [0.3, 0.4) is 0 Å². The highest BCUT2D eigenvalue weighted by Crippen LogP contribution is 2.23. The summed E-state index contributed by atoms with van der Waals surface area (Å²) in [6.45, 7) is 6.68. The fourth-order valence-corrected chi connectivity index (χ4v) is 4.88. The molecule has 1 aliphatic rings. The fourth-order valence-electron chi connectivity index (χ4n) is 2.77. The Bertz CT molecular complexity index is 448. The van der Waals surface area contributed by atoms with Crippen molar-refractivity contribution >= 4 is 14.7 Å². The molecule has 2 rings (SSSR count). The molecule has 1 unspecified atom stereocenters. The number of allylic oxidation sites excluding steroid dienone is 4. The van der Waals surface area contributed by atoms with Gasteiger partial charge in [-0.1, -0.05) is 71.7 Å². The SMILES string of the molecule is CCCCC1=CC([SiH2]c2cc(C)cc(C)c2)C=C1. The predicted molar refractivity (Wildman–Crippen MR) is 84.6 cm³/mol. The first-order chi connectivity index (χ1) is 8.67. The van der Waals surface area contributed by atoms with Gasteiger partial charge in [0.05, 0.1) is 9.52 Å². The highest BCUT2D eigenvalue weighted by atomic mass is 28.2. The Morgan fingerprint density at radius 1 is 1.11 bits per heavy atom. The minimum atomic E-state index is -0.196. The van der Waals surface area contributed by atoms with Gasteiger partial charge < -0.3 is 0 Å². The smallest absolute Gasteiger partial charge is 0.0664 e. The van der Waals surface area contributed by atoms with Crippen LogP contribution >= 0.6 is 0 Å². The Morgan fingerprint density at radius 2 is 1.83 bits per heavy atom. The van der Waals surface area contributed by atoms with Crippen molar-refractivity contribution in [2.24, 2.45) is 0 Å². The maximum absolute atomic E-state index is 2.51. The average Bonchev–Trinajstić information content (AvgIpc) is 2.72. The van der Waals surface area contributed by atoms with E-state index in [1.54, 1.807) is 10.8 Å². The monoisotopic (exact) mass is 256 g/mol. The predicted octanol–water partition coefficient (Wildman–Crippen LogP) is 3.57. The Morgan fingerprint density at radius 3 is 2.50 bits per heavy atom. The molecular weight excluding hydrogens is 232 g/mol. The zero-order valence-electron chi connectivity index (χ0n) is 11.9. The lowest BCUT2D eigenvalue weighted by Gasteiger charge is -2.07. The van der Waals surface area contributed by atoms with Crippen molar-refractivity contribution in [3.8, 4) is 0 Å². The quantitative estimate of drug-likeness (QED) is 0.707. The number of aryl methyl sites for hydroxylation is 2. The van der Waals surface area contributed by atoms with Gasteiger partial charge in [-0.05, 0) is 32.2 Å². The Balaban J connectivity index is 1.99. The molecule has 0 nitrogen and oxygen atoms in total. The van der Waals surface area contributed by atoms with E-state index in [1.165, 1.54) is 30.4 Å². The molecule has 0 bridgehead atoms. The van der Waals surface area contributed by atoms with E-state index < -0.39 is 0 Å². The van der Waals surface area contributed by atoms with Crippen LogP contribution in [-0.2, 0) is 0 Å². The van der Waals surface area contributed by atoms with Gasteiger partial charge in [0, 0.05) is 0 Å². The molecule has 1 aromatic carbocycles. The van der Waals surface area contributed by atoms with E-state index in [9.17, 15) is 0 Å². The van der Waals surface area contributed by atoms with Crippen LogP contribution < -0.4 is 5.19 Å². The maximum Gasteiger partial charge on any atom is 0.0664 e. The molecule has 0 heterocycles. The van der Waals surface area contributed by atoms with Crippen LogP contribution in [0.4, 0.5) is 0 Å². The van der Waals surface area contributed by atoms with Gasteiger partial charge >= 0.3 is 0 Å². The second kappa shape index (κ2) is 6.19. The van der Waals surface area contributed by atoms with E-state index in [0.717, 1.165) is 5.54 Å². The Labute approximate surface area is 114 Å². The number of benzene rings is 1. The molecule has 0 saturated heterocycles. The molecule has 0 aromatic heterocycles. The van der Waals surface area contributed by atoms with Gasteiger partial charge in [-0.25, -0.2) is 0 Å². The van der Waals surface area contributed by atoms with E-state index in [1.807, 2.05) is 0 Å². The van der Waals surface area contributed by atoms with Crippen LogP contribution in [0.2, 0.25) is 5.54 Å². The van der Waals surface area contributed by atoms with Crippen molar-refractivity contribution in [2.45, 2.75) is 45.6 Å². The summed E-state index contributed by atoms with van der Waals surface area (Å²) >= 11 is 0. The number of rotatable bonds is 5. The molecule has 0 radical (unpaired) electrons. The lowest BCUT2D eigenvalue weighted by Crippen LogP contribution is -2.17. The third-order valence-electron chi connectivity index (χ3n) is 3.56. The van der Waals surface area contributed by atoms with Gasteiger partial charge in [0.15, 0.2) is 0 Å². The summed E-state index contributed by atoms with van der Waals surface area (Å²) < 4.78 is 0. The first-order valence-corrected chi connectivity index (χ1v) is 8.66. The summed E-state index contributed by atoms with van der Waals surface area (Å²) in [4.78, 5) is 0. The summed E-state index contributed by atoms with van der Waals surface area (Å²) in [5, 5.41) is 1.61. The molecule has 96 valence electrons. The van der Waals surface area contributed by atoms with E-state index in [-0.39, 0.29) is 9.52 Å². The van der Waals surface area contributed by atoms with Gasteiger partial charge in [-0.15, -0.1) is 0 Å². The lowest BCUT2D eigenvalue weighted by molar-refractivity contribution is 0.798. The molecule has 0 saturated carbocycles. The third-order valence-corrected chi connectivity index (χ3v) is 5.42. The zero-order valence-corrected chi connectivity index (χ0v) is 13.3. The van der Waals surface area contributed by atoms with Crippen LogP contribution in [0, 0.1) is 13.8 Å². The average molecular weight is 256 g/mol. The standard InChI is InChI=1S/C17H24Si/c1-4-5-6-15-7-8-16(12-15)18-17-10-13(2)9-14(3)11-17/h7-12,16H,4-6,18H2,1-3H3. The van der Waals surface area contributed by atoms with Gasteiger partial charge in [-0.3, -0.25) is 0 Å². The van der Waals surface area contributed by atoms with Gasteiger partial charge in [0.1, 0.15) is 0 Å². The minimum Gasteiger partial charge on any atom is -0.0803 e. The Hall–Kier alpha value is -1.08. The molecule has 0 N–H and O–H groups in total. The van der Waals surface area contributed by atoms with E-state index in [4.69, 9.17) is 0 Å². The van der Waals surface area contributed by atoms with Crippen LogP contribution in [-0.4, -0.2) is 9.52 Å². The highest BCUT2D eigenvalue weighted by molar-refractivity contribution is 6.56. The summed E-state index contributed by atoms with van der Waals surface area (Å²) in [7, 11) is -0.196. The molecule has 1 aliphatic carbocycles. The summed E-state index contributed by atoms with van der Waals surface area (Å²) in [5.74, 6) is 0. The highest BCUT2D eigenvalue weighted by Gasteiger charge is 2.11. The largest absolute Gasteiger partial charge is 0.0803 e. The summed E-state index contributed by atoms with van der Waals surface area (Å²) in [5.41, 5.74) is 5.14. The molecule has 0 amide bonds. The van der Waals surface area contributed by atoms with Crippen molar-refractivity contribution in [2.75, 3.05) is 0 Å². The molecule has 0 fully saturated rings. The fraction of sp³-hybridized carbons (Fsp3) is 0.412. The number of unbranched alkanes of at least 4 members (excludes halogenated alkanes) is 1. The molecule has 1 heteroatoms. The van der Waals surface area contributed by atoms with Crippen molar-refractivity contribution in [1.82, 2.24) is 0 Å². The van der Waals surface area contributed by atoms with Gasteiger partial charge in [-0.2, -0.15) is 0 Å². The zero-order chi connectivity index (χ0) is 13.0. The van der Waals surface area contributed by atoms with Gasteiger partial charge in [0.2, 0.25) is 0 Å². The molecule has 18 heavy (non-hydrogen) atoms. The second-order valence-electron chi connectivity index (χ2n) is 5.57. The molecule has 1 aromatic rings. The third kappa shape index (κ3) is 3.71. The first-order valence-electron chi connectivity index (χ1n) is 7.13. The van der Waals surface area contributed by atoms with E-state index >= 15 is 0 Å². The van der Waals surface area contributed by atoms with Crippen molar-refractivity contribution in [1.29, 1.82) is 0 Å². The first kappa shape index (κ1) is 13.4. The normalized spacial score (nSPS) is 18.8. The number of hydrogen-bond donors (Lipinski definition) is 0. The maximum atomic E-state index is 2.51. The second-order valence-corrected chi connectivity index (χ2v) is 7.74. The summed E-state index contributed by atoms with van der Waals surface area (Å²) in [6, 6.07) is 7.03. The van der Waals surface area contributed by atoms with Crippen LogP contribution in [0.25, 0.3) is 0 Å². The van der Waals surface area contributed by atoms with Crippen LogP contribution in [0.1, 0.15) is 37.3 Å². The van der Waals surface area contributed by atoms with Crippen molar-refractivity contribution < 1.29 is 0 Å². The topological polar surface area (TPSA) is 0 Å². The molecule has 1 atom stereocenters. The van der Waals surface area contributed by atoms with Crippen LogP contribution in [0.5, 0.6) is 0 Å². The van der Waals surface area contributed by atoms with Crippen molar-refractivity contribution in [3.05, 3.63) is 53.1 Å². The molecular formula is C17H24Si. The Kier molecular flexibility index (Phi) is 4.59. The number of hydrogen-bond acceptors (Lipinski definition) is 0. The summed E-state index contributed by atoms with van der Waals surface area (Å²) in [6.07, 6.45) is 11.2. The van der Waals surface area contributed by atoms with Crippen LogP contribution in [0.15, 0.2) is 42.0 Å². The van der Waals surface area contributed by atoms with Gasteiger partial charge in [0.25, 0.3) is 0 Å². The minimum absolute atomic E-state index is 0.196. The van der Waals surface area contributed by atoms with Crippen molar-refractivity contribution in [3.63, 3.8) is 0 Å². The van der Waals surface area contributed by atoms with E-state index in [2.05, 4.69) is 57.2 Å². The molecule has 0 aliphatic heterocycles.